The van der Waals surface area contributed by atoms with Crippen molar-refractivity contribution >= 4 is 11.9 Å². The highest BCUT2D eigenvalue weighted by Crippen LogP contribution is 2.27. The maximum absolute atomic E-state index is 4.62. The number of pyridine rings is 1. The summed E-state index contributed by atoms with van der Waals surface area (Å²) in [7, 11) is 0. The van der Waals surface area contributed by atoms with Crippen LogP contribution in [0.1, 0.15) is 56.4 Å². The lowest BCUT2D eigenvalue weighted by Gasteiger charge is -2.12. The van der Waals surface area contributed by atoms with Crippen LogP contribution in [0.4, 0.5) is 5.69 Å². The minimum Gasteiger partial charge on any atom is -0.261 e. The summed E-state index contributed by atoms with van der Waals surface area (Å²) in [6.45, 7) is 8.89. The molecule has 0 atom stereocenters. The molecule has 0 bridgehead atoms. The smallest absolute Gasteiger partial charge is 0.0631 e. The summed E-state index contributed by atoms with van der Waals surface area (Å²) in [5, 5.41) is 0. The fourth-order valence-corrected chi connectivity index (χ4v) is 2.16. The number of rotatable bonds is 5. The first-order chi connectivity index (χ1) is 10.1. The highest BCUT2D eigenvalue weighted by molar-refractivity contribution is 5.66. The number of nitrogens with zero attached hydrogens (tertiary/aromatic N) is 2. The van der Waals surface area contributed by atoms with Gasteiger partial charge in [0, 0.05) is 24.5 Å². The van der Waals surface area contributed by atoms with Crippen LogP contribution in [0.3, 0.4) is 0 Å². The molecule has 2 heteroatoms. The predicted octanol–water partition coefficient (Wildman–Crippen LogP) is 5.27. The molecule has 1 heterocycles. The minimum atomic E-state index is 0.522. The summed E-state index contributed by atoms with van der Waals surface area (Å²) in [5.74, 6) is 1.04. The van der Waals surface area contributed by atoms with Crippen molar-refractivity contribution in [3.05, 3.63) is 59.4 Å². The normalized spacial score (nSPS) is 11.7. The molecule has 0 N–H and O–H groups in total. The van der Waals surface area contributed by atoms with E-state index in [2.05, 4.69) is 55.9 Å². The van der Waals surface area contributed by atoms with Crippen LogP contribution in [0.5, 0.6) is 0 Å². The Morgan fingerprint density at radius 3 is 2.19 bits per heavy atom. The van der Waals surface area contributed by atoms with Gasteiger partial charge in [-0.1, -0.05) is 39.8 Å². The van der Waals surface area contributed by atoms with Crippen molar-refractivity contribution in [3.8, 4) is 0 Å². The Labute approximate surface area is 128 Å². The standard InChI is InChI=1S/C19H24N2/c1-14(2)16-11-17(15(3)4)13-19(12-16)21-10-8-18-7-5-6-9-20-18/h5-7,9-15H,8H2,1-4H3. The van der Waals surface area contributed by atoms with Crippen molar-refractivity contribution < 1.29 is 0 Å². The van der Waals surface area contributed by atoms with Crippen molar-refractivity contribution in [2.24, 2.45) is 4.99 Å². The number of hydrogen-bond donors (Lipinski definition) is 0. The van der Waals surface area contributed by atoms with Gasteiger partial charge in [-0.15, -0.1) is 0 Å². The van der Waals surface area contributed by atoms with Gasteiger partial charge in [0.05, 0.1) is 5.69 Å². The third-order valence-electron chi connectivity index (χ3n) is 3.56. The summed E-state index contributed by atoms with van der Waals surface area (Å²) in [6, 6.07) is 12.6. The Hall–Kier alpha value is -1.96. The Balaban J connectivity index is 2.18. The third kappa shape index (κ3) is 4.52. The highest BCUT2D eigenvalue weighted by atomic mass is 14.7. The van der Waals surface area contributed by atoms with Crippen LogP contribution < -0.4 is 0 Å². The zero-order chi connectivity index (χ0) is 15.2. The van der Waals surface area contributed by atoms with Crippen LogP contribution in [-0.2, 0) is 6.42 Å². The van der Waals surface area contributed by atoms with Crippen LogP contribution in [0.25, 0.3) is 0 Å². The maximum Gasteiger partial charge on any atom is 0.0631 e. The molecular formula is C19H24N2. The van der Waals surface area contributed by atoms with Crippen LogP contribution >= 0.6 is 0 Å². The molecule has 21 heavy (non-hydrogen) atoms. The molecule has 0 aliphatic carbocycles. The molecule has 0 aliphatic rings. The summed E-state index contributed by atoms with van der Waals surface area (Å²) < 4.78 is 0. The van der Waals surface area contributed by atoms with Gasteiger partial charge in [0.2, 0.25) is 0 Å². The van der Waals surface area contributed by atoms with Crippen LogP contribution in [-0.4, -0.2) is 11.2 Å². The summed E-state index contributed by atoms with van der Waals surface area (Å²) in [6.07, 6.45) is 4.54. The number of benzene rings is 1. The van der Waals surface area contributed by atoms with E-state index in [0.717, 1.165) is 17.8 Å². The number of hydrogen-bond acceptors (Lipinski definition) is 2. The molecule has 110 valence electrons. The van der Waals surface area contributed by atoms with Crippen molar-refractivity contribution in [2.75, 3.05) is 0 Å². The molecule has 0 saturated carbocycles. The fraction of sp³-hybridized carbons (Fsp3) is 0.368. The van der Waals surface area contributed by atoms with E-state index in [1.165, 1.54) is 11.1 Å². The van der Waals surface area contributed by atoms with Gasteiger partial charge in [-0.2, -0.15) is 0 Å². The van der Waals surface area contributed by atoms with Crippen molar-refractivity contribution in [1.82, 2.24) is 4.98 Å². The minimum absolute atomic E-state index is 0.522. The molecule has 0 aliphatic heterocycles. The van der Waals surface area contributed by atoms with Gasteiger partial charge in [-0.05, 0) is 47.2 Å². The van der Waals surface area contributed by atoms with Crippen LogP contribution in [0, 0.1) is 0 Å². The summed E-state index contributed by atoms with van der Waals surface area (Å²) >= 11 is 0. The molecule has 0 amide bonds. The third-order valence-corrected chi connectivity index (χ3v) is 3.56. The monoisotopic (exact) mass is 280 g/mol. The lowest BCUT2D eigenvalue weighted by atomic mass is 9.95. The zero-order valence-electron chi connectivity index (χ0n) is 13.4. The van der Waals surface area contributed by atoms with E-state index in [0.29, 0.717) is 11.8 Å². The van der Waals surface area contributed by atoms with Gasteiger partial charge in [-0.25, -0.2) is 0 Å². The highest BCUT2D eigenvalue weighted by Gasteiger charge is 2.06. The van der Waals surface area contributed by atoms with E-state index in [1.54, 1.807) is 0 Å². The number of aromatic nitrogens is 1. The number of aliphatic imine (C=N–C) groups is 1. The average molecular weight is 280 g/mol. The summed E-state index contributed by atoms with van der Waals surface area (Å²) in [5.41, 5.74) is 4.79. The first kappa shape index (κ1) is 15.4. The molecule has 1 aromatic carbocycles. The molecule has 0 spiro atoms. The Kier molecular flexibility index (Phi) is 5.26. The summed E-state index contributed by atoms with van der Waals surface area (Å²) in [4.78, 5) is 8.93. The van der Waals surface area contributed by atoms with Crippen molar-refractivity contribution in [3.63, 3.8) is 0 Å². The van der Waals surface area contributed by atoms with Crippen molar-refractivity contribution in [2.45, 2.75) is 46.0 Å². The molecule has 0 saturated heterocycles. The Bertz CT molecular complexity index is 572. The van der Waals surface area contributed by atoms with E-state index in [9.17, 15) is 0 Å². The molecule has 0 fully saturated rings. The van der Waals surface area contributed by atoms with Gasteiger partial charge < -0.3 is 0 Å². The first-order valence-electron chi connectivity index (χ1n) is 7.63. The molecule has 0 unspecified atom stereocenters. The van der Waals surface area contributed by atoms with E-state index < -0.39 is 0 Å². The Morgan fingerprint density at radius 2 is 1.67 bits per heavy atom. The van der Waals surface area contributed by atoms with Gasteiger partial charge in [0.15, 0.2) is 0 Å². The molecule has 2 aromatic rings. The van der Waals surface area contributed by atoms with E-state index >= 15 is 0 Å². The van der Waals surface area contributed by atoms with E-state index in [4.69, 9.17) is 0 Å². The quantitative estimate of drug-likeness (QED) is 0.685. The molecule has 0 radical (unpaired) electrons. The van der Waals surface area contributed by atoms with Crippen molar-refractivity contribution in [1.29, 1.82) is 0 Å². The van der Waals surface area contributed by atoms with Crippen LogP contribution in [0.2, 0.25) is 0 Å². The topological polar surface area (TPSA) is 25.2 Å². The van der Waals surface area contributed by atoms with Gasteiger partial charge in [0.1, 0.15) is 0 Å². The second-order valence-corrected chi connectivity index (χ2v) is 6.00. The first-order valence-corrected chi connectivity index (χ1v) is 7.63. The van der Waals surface area contributed by atoms with Crippen LogP contribution in [0.15, 0.2) is 47.6 Å². The Morgan fingerprint density at radius 1 is 1.00 bits per heavy atom. The fourth-order valence-electron chi connectivity index (χ4n) is 2.16. The molecule has 2 nitrogen and oxygen atoms in total. The second kappa shape index (κ2) is 7.16. The molecule has 1 aromatic heterocycles. The van der Waals surface area contributed by atoms with Gasteiger partial charge >= 0.3 is 0 Å². The average Bonchev–Trinajstić information content (AvgIpc) is 2.48. The SMILES string of the molecule is CC(C)c1cc(N=CCc2ccccn2)cc(C(C)C)c1. The van der Waals surface area contributed by atoms with E-state index in [1.807, 2.05) is 30.6 Å². The van der Waals surface area contributed by atoms with Gasteiger partial charge in [-0.3, -0.25) is 9.98 Å². The maximum atomic E-state index is 4.62. The van der Waals surface area contributed by atoms with Gasteiger partial charge in [0.25, 0.3) is 0 Å². The second-order valence-electron chi connectivity index (χ2n) is 6.00. The molecular weight excluding hydrogens is 256 g/mol. The largest absolute Gasteiger partial charge is 0.261 e. The molecule has 2 rings (SSSR count). The lowest BCUT2D eigenvalue weighted by molar-refractivity contribution is 0.834. The predicted molar refractivity (Wildman–Crippen MR) is 90.7 cm³/mol. The zero-order valence-corrected chi connectivity index (χ0v) is 13.4. The lowest BCUT2D eigenvalue weighted by Crippen LogP contribution is -1.93. The van der Waals surface area contributed by atoms with E-state index in [-0.39, 0.29) is 0 Å².